The molecule has 1 aliphatic heterocycles. The second kappa shape index (κ2) is 10.4. The second-order valence-electron chi connectivity index (χ2n) is 6.84. The number of benzene rings is 1. The molecule has 0 atom stereocenters. The van der Waals surface area contributed by atoms with Crippen molar-refractivity contribution in [3.63, 3.8) is 0 Å². The van der Waals surface area contributed by atoms with Gasteiger partial charge in [0.25, 0.3) is 0 Å². The van der Waals surface area contributed by atoms with Crippen LogP contribution >= 0.6 is 23.1 Å². The number of amides is 2. The van der Waals surface area contributed by atoms with Crippen LogP contribution < -0.4 is 15.4 Å². The van der Waals surface area contributed by atoms with E-state index in [0.29, 0.717) is 46.8 Å². The first-order chi connectivity index (χ1) is 14.8. The minimum absolute atomic E-state index is 0.130. The summed E-state index contributed by atoms with van der Waals surface area (Å²) >= 11 is 2.40. The molecule has 0 radical (unpaired) electrons. The Hall–Kier alpha value is -2.22. The van der Waals surface area contributed by atoms with Crippen LogP contribution in [0.15, 0.2) is 28.6 Å². The Labute approximate surface area is 188 Å². The topological polar surface area (TPSA) is 131 Å². The highest BCUT2D eigenvalue weighted by molar-refractivity contribution is 8.01. The molecule has 0 spiro atoms. The Bertz CT molecular complexity index is 1030. The van der Waals surface area contributed by atoms with Gasteiger partial charge in [-0.2, -0.15) is 0 Å². The van der Waals surface area contributed by atoms with E-state index >= 15 is 0 Å². The molecule has 1 aromatic heterocycles. The predicted molar refractivity (Wildman–Crippen MR) is 120 cm³/mol. The third-order valence-corrected chi connectivity index (χ3v) is 7.91. The van der Waals surface area contributed by atoms with E-state index in [1.165, 1.54) is 40.8 Å². The minimum Gasteiger partial charge on any atom is -0.495 e. The smallest absolute Gasteiger partial charge is 0.234 e. The van der Waals surface area contributed by atoms with Gasteiger partial charge in [0.15, 0.2) is 4.34 Å². The molecule has 1 fully saturated rings. The van der Waals surface area contributed by atoms with Crippen molar-refractivity contribution in [2.24, 2.45) is 5.92 Å². The van der Waals surface area contributed by atoms with E-state index in [9.17, 15) is 18.0 Å². The van der Waals surface area contributed by atoms with E-state index < -0.39 is 10.0 Å². The first-order valence-electron chi connectivity index (χ1n) is 9.41. The number of carbonyl (C=O) groups is 2. The lowest BCUT2D eigenvalue weighted by molar-refractivity contribution is -0.121. The fraction of sp³-hybridized carbons (Fsp3) is 0.444. The number of nitrogens with zero attached hydrogens (tertiary/aromatic N) is 3. The Balaban J connectivity index is 1.46. The summed E-state index contributed by atoms with van der Waals surface area (Å²) in [7, 11) is -1.70. The highest BCUT2D eigenvalue weighted by atomic mass is 32.2. The van der Waals surface area contributed by atoms with Gasteiger partial charge in [-0.1, -0.05) is 35.2 Å². The summed E-state index contributed by atoms with van der Waals surface area (Å²) in [5.74, 6) is 0.0152. The van der Waals surface area contributed by atoms with Gasteiger partial charge < -0.3 is 15.4 Å². The van der Waals surface area contributed by atoms with Crippen LogP contribution in [-0.2, 0) is 19.6 Å². The van der Waals surface area contributed by atoms with Crippen molar-refractivity contribution >= 4 is 55.8 Å². The van der Waals surface area contributed by atoms with Crippen molar-refractivity contribution in [2.45, 2.75) is 17.2 Å². The molecule has 2 aromatic rings. The quantitative estimate of drug-likeness (QED) is 0.428. The molecule has 0 unspecified atom stereocenters. The number of ether oxygens (including phenoxy) is 1. The fourth-order valence-electron chi connectivity index (χ4n) is 3.04. The van der Waals surface area contributed by atoms with Gasteiger partial charge in [0.2, 0.25) is 27.0 Å². The predicted octanol–water partition coefficient (Wildman–Crippen LogP) is 1.89. The maximum atomic E-state index is 12.4. The number of aromatic nitrogens is 2. The summed E-state index contributed by atoms with van der Waals surface area (Å²) in [5, 5.41) is 13.8. The standard InChI is InChI=1S/C18H23N5O5S3/c1-28-14-6-4-3-5-13(14)19-15(24)11-29-18-22-21-17(30-18)20-16(25)12-7-9-23(10-8-12)31(2,26)27/h3-6,12H,7-11H2,1-2H3,(H,19,24)(H,20,21,25). The van der Waals surface area contributed by atoms with Gasteiger partial charge in [-0.25, -0.2) is 12.7 Å². The number of anilines is 2. The van der Waals surface area contributed by atoms with Crippen LogP contribution in [0.3, 0.4) is 0 Å². The van der Waals surface area contributed by atoms with Gasteiger partial charge in [0, 0.05) is 19.0 Å². The Morgan fingerprint density at radius 3 is 2.61 bits per heavy atom. The highest BCUT2D eigenvalue weighted by Crippen LogP contribution is 2.28. The van der Waals surface area contributed by atoms with Crippen LogP contribution in [0.4, 0.5) is 10.8 Å². The van der Waals surface area contributed by atoms with Crippen molar-refractivity contribution in [3.05, 3.63) is 24.3 Å². The lowest BCUT2D eigenvalue weighted by atomic mass is 9.97. The van der Waals surface area contributed by atoms with E-state index in [1.807, 2.05) is 6.07 Å². The van der Waals surface area contributed by atoms with Crippen molar-refractivity contribution < 1.29 is 22.7 Å². The molecule has 0 saturated carbocycles. The summed E-state index contributed by atoms with van der Waals surface area (Å²) in [6.07, 6.45) is 2.09. The lowest BCUT2D eigenvalue weighted by Gasteiger charge is -2.29. The number of hydrogen-bond acceptors (Lipinski definition) is 9. The molecule has 0 aliphatic carbocycles. The average Bonchev–Trinajstić information content (AvgIpc) is 3.19. The number of thioether (sulfide) groups is 1. The van der Waals surface area contributed by atoms with Gasteiger partial charge in [-0.05, 0) is 25.0 Å². The molecule has 3 rings (SSSR count). The van der Waals surface area contributed by atoms with Crippen LogP contribution in [0.1, 0.15) is 12.8 Å². The molecule has 13 heteroatoms. The largest absolute Gasteiger partial charge is 0.495 e. The average molecular weight is 486 g/mol. The second-order valence-corrected chi connectivity index (χ2v) is 11.0. The van der Waals surface area contributed by atoms with Crippen LogP contribution in [0.5, 0.6) is 5.75 Å². The van der Waals surface area contributed by atoms with Crippen LogP contribution in [0.2, 0.25) is 0 Å². The molecule has 1 aliphatic rings. The lowest BCUT2D eigenvalue weighted by Crippen LogP contribution is -2.40. The molecular formula is C18H23N5O5S3. The molecule has 10 nitrogen and oxygen atoms in total. The maximum Gasteiger partial charge on any atom is 0.234 e. The van der Waals surface area contributed by atoms with Crippen molar-refractivity contribution in [1.82, 2.24) is 14.5 Å². The summed E-state index contributed by atoms with van der Waals surface area (Å²) in [5.41, 5.74) is 0.586. The number of hydrogen-bond donors (Lipinski definition) is 2. The zero-order valence-corrected chi connectivity index (χ0v) is 19.5. The molecular weight excluding hydrogens is 462 g/mol. The number of rotatable bonds is 8. The van der Waals surface area contributed by atoms with E-state index in [2.05, 4.69) is 20.8 Å². The molecule has 2 amide bonds. The van der Waals surface area contributed by atoms with Crippen LogP contribution in [-0.4, -0.2) is 66.9 Å². The number of para-hydroxylation sites is 2. The van der Waals surface area contributed by atoms with Crippen LogP contribution in [0, 0.1) is 5.92 Å². The van der Waals surface area contributed by atoms with E-state index in [0.717, 1.165) is 0 Å². The monoisotopic (exact) mass is 485 g/mol. The maximum absolute atomic E-state index is 12.4. The Morgan fingerprint density at radius 1 is 1.23 bits per heavy atom. The molecule has 168 valence electrons. The summed E-state index contributed by atoms with van der Waals surface area (Å²) in [6.45, 7) is 0.658. The molecule has 1 aromatic carbocycles. The van der Waals surface area contributed by atoms with Gasteiger partial charge in [-0.3, -0.25) is 9.59 Å². The van der Waals surface area contributed by atoms with Gasteiger partial charge in [-0.15, -0.1) is 10.2 Å². The van der Waals surface area contributed by atoms with Gasteiger partial charge in [0.1, 0.15) is 5.75 Å². The third-order valence-electron chi connectivity index (χ3n) is 4.64. The van der Waals surface area contributed by atoms with Gasteiger partial charge >= 0.3 is 0 Å². The summed E-state index contributed by atoms with van der Waals surface area (Å²) < 4.78 is 30.3. The van der Waals surface area contributed by atoms with Crippen LogP contribution in [0.25, 0.3) is 0 Å². The van der Waals surface area contributed by atoms with E-state index in [4.69, 9.17) is 4.74 Å². The summed E-state index contributed by atoms with van der Waals surface area (Å²) in [4.78, 5) is 24.6. The zero-order chi connectivity index (χ0) is 22.4. The molecule has 2 N–H and O–H groups in total. The highest BCUT2D eigenvalue weighted by Gasteiger charge is 2.29. The number of nitrogens with one attached hydrogen (secondary N) is 2. The van der Waals surface area contributed by atoms with E-state index in [-0.39, 0.29) is 23.5 Å². The SMILES string of the molecule is COc1ccccc1NC(=O)CSc1nnc(NC(=O)C2CCN(S(C)(=O)=O)CC2)s1. The van der Waals surface area contributed by atoms with E-state index in [1.54, 1.807) is 18.2 Å². The first kappa shape index (κ1) is 23.4. The molecule has 2 heterocycles. The third kappa shape index (κ3) is 6.63. The van der Waals surface area contributed by atoms with Crippen molar-refractivity contribution in [1.29, 1.82) is 0 Å². The van der Waals surface area contributed by atoms with Gasteiger partial charge in [0.05, 0.1) is 24.8 Å². The normalized spacial score (nSPS) is 15.4. The number of methoxy groups -OCH3 is 1. The van der Waals surface area contributed by atoms with Crippen molar-refractivity contribution in [2.75, 3.05) is 42.8 Å². The number of piperidine rings is 1. The number of carbonyl (C=O) groups excluding carboxylic acids is 2. The minimum atomic E-state index is -3.23. The Kier molecular flexibility index (Phi) is 7.86. The fourth-order valence-corrected chi connectivity index (χ4v) is 5.47. The first-order valence-corrected chi connectivity index (χ1v) is 13.1. The Morgan fingerprint density at radius 2 is 1.94 bits per heavy atom. The molecule has 1 saturated heterocycles. The molecule has 0 bridgehead atoms. The van der Waals surface area contributed by atoms with Crippen molar-refractivity contribution in [3.8, 4) is 5.75 Å². The number of sulfonamides is 1. The summed E-state index contributed by atoms with van der Waals surface area (Å²) in [6, 6.07) is 7.12. The zero-order valence-electron chi connectivity index (χ0n) is 17.0. The molecule has 31 heavy (non-hydrogen) atoms.